The Balaban J connectivity index is 1.60. The van der Waals surface area contributed by atoms with Crippen LogP contribution in [0.4, 0.5) is 0 Å². The molecule has 4 rings (SSSR count). The van der Waals surface area contributed by atoms with Crippen LogP contribution in [0.1, 0.15) is 20.1 Å². The minimum absolute atomic E-state index is 0.366. The number of fused-ring (bicyclic) bond motifs is 1. The number of carbonyl (C=O) groups excluding carboxylic acids is 1. The van der Waals surface area contributed by atoms with Gasteiger partial charge in [-0.3, -0.25) is 19.1 Å². The number of benzene rings is 2. The van der Waals surface area contributed by atoms with Crippen molar-refractivity contribution in [2.75, 3.05) is 13.7 Å². The van der Waals surface area contributed by atoms with Crippen molar-refractivity contribution in [2.24, 2.45) is 0 Å². The molecule has 1 aromatic heterocycles. The topological polar surface area (TPSA) is 161 Å². The molecule has 0 saturated carbocycles. The number of nitrogens with zero attached hydrogens (tertiary/aromatic N) is 1. The lowest BCUT2D eigenvalue weighted by Gasteiger charge is -2.28. The van der Waals surface area contributed by atoms with Gasteiger partial charge in [-0.05, 0) is 37.1 Å². The number of rotatable bonds is 9. The van der Waals surface area contributed by atoms with E-state index in [0.29, 0.717) is 5.75 Å². The number of aromatic amines is 1. The maximum absolute atomic E-state index is 12.3. The molecule has 204 valence electrons. The van der Waals surface area contributed by atoms with Gasteiger partial charge in [0.1, 0.15) is 29.6 Å². The SMILES string of the molecule is COC(=O)C(C)NP(=S)(OC[C@H]1O[C@@H](n2ccc(=O)[nH]c2=O)C(C)(O)C1O)Oc1cccc2ccccc12. The summed E-state index contributed by atoms with van der Waals surface area (Å²) in [4.78, 5) is 37.9. The Hall–Kier alpha value is -2.90. The zero-order valence-electron chi connectivity index (χ0n) is 20.8. The number of esters is 1. The molecule has 1 saturated heterocycles. The minimum atomic E-state index is -3.50. The highest BCUT2D eigenvalue weighted by Gasteiger charge is 2.53. The number of hydrogen-bond acceptors (Lipinski definition) is 10. The molecule has 1 aliphatic heterocycles. The number of carbonyl (C=O) groups is 1. The molecule has 2 aromatic carbocycles. The molecule has 0 radical (unpaired) electrons. The van der Waals surface area contributed by atoms with Crippen LogP contribution >= 0.6 is 6.64 Å². The van der Waals surface area contributed by atoms with Gasteiger partial charge in [0.25, 0.3) is 5.56 Å². The number of aliphatic hydroxyl groups is 2. The van der Waals surface area contributed by atoms with E-state index < -0.39 is 53.9 Å². The summed E-state index contributed by atoms with van der Waals surface area (Å²) >= 11 is 5.73. The Kier molecular flexibility index (Phi) is 8.19. The van der Waals surface area contributed by atoms with E-state index in [0.717, 1.165) is 27.6 Å². The van der Waals surface area contributed by atoms with Crippen LogP contribution in [0.25, 0.3) is 10.8 Å². The summed E-state index contributed by atoms with van der Waals surface area (Å²) in [6.45, 7) is -1.04. The maximum Gasteiger partial charge on any atom is 0.330 e. The lowest BCUT2D eigenvalue weighted by atomic mass is 9.96. The Morgan fingerprint density at radius 1 is 1.26 bits per heavy atom. The molecular weight excluding hydrogens is 537 g/mol. The normalized spacial score (nSPS) is 25.6. The quantitative estimate of drug-likeness (QED) is 0.218. The van der Waals surface area contributed by atoms with Gasteiger partial charge in [-0.2, -0.15) is 0 Å². The highest BCUT2D eigenvalue weighted by molar-refractivity contribution is 8.09. The van der Waals surface area contributed by atoms with Gasteiger partial charge < -0.3 is 28.7 Å². The van der Waals surface area contributed by atoms with E-state index in [2.05, 4.69) is 10.1 Å². The van der Waals surface area contributed by atoms with Gasteiger partial charge in [-0.15, -0.1) is 0 Å². The lowest BCUT2D eigenvalue weighted by molar-refractivity contribution is -0.142. The molecular formula is C24H28N3O9PS. The molecule has 0 aliphatic carbocycles. The first-order valence-electron chi connectivity index (χ1n) is 11.6. The highest BCUT2D eigenvalue weighted by atomic mass is 32.5. The molecule has 6 atom stereocenters. The molecule has 4 N–H and O–H groups in total. The summed E-state index contributed by atoms with van der Waals surface area (Å²) in [5, 5.41) is 26.3. The lowest BCUT2D eigenvalue weighted by Crippen LogP contribution is -2.47. The van der Waals surface area contributed by atoms with Gasteiger partial charge in [0.05, 0.1) is 13.7 Å². The number of methoxy groups -OCH3 is 1. The third-order valence-corrected chi connectivity index (χ3v) is 8.63. The minimum Gasteiger partial charge on any atom is -0.468 e. The van der Waals surface area contributed by atoms with Gasteiger partial charge in [0.15, 0.2) is 6.23 Å². The summed E-state index contributed by atoms with van der Waals surface area (Å²) in [5.41, 5.74) is -3.38. The molecule has 12 nitrogen and oxygen atoms in total. The van der Waals surface area contributed by atoms with Crippen molar-refractivity contribution in [3.05, 3.63) is 75.6 Å². The molecule has 2 heterocycles. The van der Waals surface area contributed by atoms with Crippen molar-refractivity contribution in [3.8, 4) is 5.75 Å². The smallest absolute Gasteiger partial charge is 0.330 e. The first-order chi connectivity index (χ1) is 17.9. The van der Waals surface area contributed by atoms with Crippen LogP contribution in [0.15, 0.2) is 64.3 Å². The summed E-state index contributed by atoms with van der Waals surface area (Å²) in [5.74, 6) is -0.185. The van der Waals surface area contributed by atoms with Crippen LogP contribution in [-0.2, 0) is 30.6 Å². The zero-order valence-corrected chi connectivity index (χ0v) is 22.5. The summed E-state index contributed by atoms with van der Waals surface area (Å²) in [7, 11) is 1.24. The van der Waals surface area contributed by atoms with E-state index in [1.807, 2.05) is 30.3 Å². The van der Waals surface area contributed by atoms with Crippen LogP contribution in [-0.4, -0.2) is 63.3 Å². The van der Waals surface area contributed by atoms with Gasteiger partial charge in [0.2, 0.25) is 0 Å². The largest absolute Gasteiger partial charge is 0.468 e. The second-order valence-corrected chi connectivity index (χ2v) is 12.1. The Morgan fingerprint density at radius 2 is 1.97 bits per heavy atom. The van der Waals surface area contributed by atoms with Crippen molar-refractivity contribution >= 4 is 35.2 Å². The van der Waals surface area contributed by atoms with Crippen LogP contribution < -0.4 is 20.9 Å². The number of aliphatic hydroxyl groups excluding tert-OH is 1. The van der Waals surface area contributed by atoms with Crippen LogP contribution in [0.5, 0.6) is 5.75 Å². The fraction of sp³-hybridized carbons (Fsp3) is 0.375. The molecule has 0 spiro atoms. The van der Waals surface area contributed by atoms with Crippen molar-refractivity contribution in [2.45, 2.75) is 43.9 Å². The van der Waals surface area contributed by atoms with E-state index >= 15 is 0 Å². The fourth-order valence-corrected chi connectivity index (χ4v) is 6.54. The highest BCUT2D eigenvalue weighted by Crippen LogP contribution is 2.48. The third-order valence-electron chi connectivity index (χ3n) is 6.14. The number of hydrogen-bond donors (Lipinski definition) is 4. The van der Waals surface area contributed by atoms with Gasteiger partial charge in [0, 0.05) is 17.6 Å². The molecule has 0 bridgehead atoms. The van der Waals surface area contributed by atoms with Crippen LogP contribution in [0.3, 0.4) is 0 Å². The molecule has 1 aliphatic rings. The second kappa shape index (κ2) is 11.1. The molecule has 0 amide bonds. The fourth-order valence-electron chi connectivity index (χ4n) is 4.12. The van der Waals surface area contributed by atoms with Crippen molar-refractivity contribution in [1.82, 2.24) is 14.6 Å². The molecule has 4 unspecified atom stereocenters. The average Bonchev–Trinajstić information content (AvgIpc) is 3.10. The van der Waals surface area contributed by atoms with E-state index in [1.165, 1.54) is 21.0 Å². The Bertz CT molecular complexity index is 1490. The first-order valence-corrected chi connectivity index (χ1v) is 14.2. The summed E-state index contributed by atoms with van der Waals surface area (Å²) in [6.07, 6.45) is -2.84. The number of nitrogens with one attached hydrogen (secondary N) is 2. The molecule has 3 aromatic rings. The first kappa shape index (κ1) is 28.1. The van der Waals surface area contributed by atoms with Crippen LogP contribution in [0.2, 0.25) is 0 Å². The Labute approximate surface area is 222 Å². The van der Waals surface area contributed by atoms with E-state index in [9.17, 15) is 24.6 Å². The maximum atomic E-state index is 12.3. The molecule has 14 heteroatoms. The third kappa shape index (κ3) is 5.74. The van der Waals surface area contributed by atoms with Gasteiger partial charge >= 0.3 is 18.3 Å². The van der Waals surface area contributed by atoms with Gasteiger partial charge in [-0.1, -0.05) is 36.4 Å². The number of H-pyrrole nitrogens is 1. The predicted molar refractivity (Wildman–Crippen MR) is 141 cm³/mol. The zero-order chi connectivity index (χ0) is 27.7. The van der Waals surface area contributed by atoms with Crippen molar-refractivity contribution in [3.63, 3.8) is 0 Å². The van der Waals surface area contributed by atoms with Gasteiger partial charge in [-0.25, -0.2) is 9.88 Å². The molecule has 38 heavy (non-hydrogen) atoms. The number of ether oxygens (including phenoxy) is 2. The van der Waals surface area contributed by atoms with Crippen molar-refractivity contribution in [1.29, 1.82) is 0 Å². The standard InChI is InChI=1S/C24H28N3O9PS/c1-14(21(30)33-3)26-37(38,36-17-10-6-8-15-7-4-5-9-16(15)17)34-13-18-20(29)24(2,32)22(35-18)27-12-11-19(28)25-23(27)31/h4-12,14,18,20,22,29,32H,13H2,1-3H3,(H,26,38)(H,25,28,31)/t14?,18-,20?,22-,24?,37?/m1/s1. The average molecular weight is 566 g/mol. The second-order valence-electron chi connectivity index (χ2n) is 8.95. The van der Waals surface area contributed by atoms with E-state index in [4.69, 9.17) is 30.3 Å². The summed E-state index contributed by atoms with van der Waals surface area (Å²) < 4.78 is 23.7. The van der Waals surface area contributed by atoms with E-state index in [1.54, 1.807) is 12.1 Å². The molecule has 1 fully saturated rings. The summed E-state index contributed by atoms with van der Waals surface area (Å²) in [6, 6.07) is 13.1. The van der Waals surface area contributed by atoms with Crippen molar-refractivity contribution < 1.29 is 33.5 Å². The monoisotopic (exact) mass is 565 g/mol. The number of aromatic nitrogens is 2. The van der Waals surface area contributed by atoms with Crippen LogP contribution in [0, 0.1) is 0 Å². The predicted octanol–water partition coefficient (Wildman–Crippen LogP) is 1.17. The van der Waals surface area contributed by atoms with E-state index in [-0.39, 0.29) is 6.61 Å². The Morgan fingerprint density at radius 3 is 2.68 bits per heavy atom.